The molecule has 0 aromatic carbocycles. The number of hydrogen-bond donors (Lipinski definition) is 2. The van der Waals surface area contributed by atoms with Gasteiger partial charge in [-0.25, -0.2) is 9.59 Å². The van der Waals surface area contributed by atoms with Crippen molar-refractivity contribution in [3.05, 3.63) is 0 Å². The maximum Gasteiger partial charge on any atom is 0.411 e. The van der Waals surface area contributed by atoms with Crippen molar-refractivity contribution in [3.63, 3.8) is 0 Å². The van der Waals surface area contributed by atoms with Gasteiger partial charge in [-0.2, -0.15) is 0 Å². The van der Waals surface area contributed by atoms with Crippen LogP contribution in [0.1, 0.15) is 27.2 Å². The minimum Gasteiger partial charge on any atom is -0.480 e. The monoisotopic (exact) mass is 255 g/mol. The Morgan fingerprint density at radius 3 is 2.44 bits per heavy atom. The number of aliphatic hydroxyl groups is 1. The number of likely N-dealkylation sites (tertiary alicyclic amines) is 1. The quantitative estimate of drug-likeness (QED) is 0.664. The Kier molecular flexibility index (Phi) is 3.58. The summed E-state index contributed by atoms with van der Waals surface area (Å²) in [6, 6.07) is -1.17. The SMILES string of the molecule is C#C[C@]1(O)C[C@H](C(=O)O)N(C(=O)OC(C)(C)C)C1. The molecule has 1 fully saturated rings. The van der Waals surface area contributed by atoms with E-state index in [1.165, 1.54) is 0 Å². The summed E-state index contributed by atoms with van der Waals surface area (Å²) in [4.78, 5) is 23.8. The van der Waals surface area contributed by atoms with Crippen LogP contribution in [0, 0.1) is 12.3 Å². The van der Waals surface area contributed by atoms with Crippen molar-refractivity contribution in [2.75, 3.05) is 6.54 Å². The highest BCUT2D eigenvalue weighted by Gasteiger charge is 2.48. The van der Waals surface area contributed by atoms with Gasteiger partial charge >= 0.3 is 12.1 Å². The topological polar surface area (TPSA) is 87.1 Å². The maximum absolute atomic E-state index is 11.8. The average Bonchev–Trinajstić information content (AvgIpc) is 2.55. The highest BCUT2D eigenvalue weighted by Crippen LogP contribution is 2.28. The Morgan fingerprint density at radius 2 is 2.06 bits per heavy atom. The highest BCUT2D eigenvalue weighted by molar-refractivity contribution is 5.81. The van der Waals surface area contributed by atoms with Gasteiger partial charge in [-0.15, -0.1) is 6.42 Å². The molecule has 2 atom stereocenters. The fourth-order valence-electron chi connectivity index (χ4n) is 1.72. The number of carboxylic acids is 1. The molecule has 1 aliphatic heterocycles. The molecule has 1 rings (SSSR count). The van der Waals surface area contributed by atoms with Gasteiger partial charge in [0.05, 0.1) is 6.54 Å². The molecule has 0 aliphatic carbocycles. The number of β-amino-alcohol motifs (C(OH)–C–C–N with tert-alkyl or cyclic N) is 1. The fraction of sp³-hybridized carbons (Fsp3) is 0.667. The Morgan fingerprint density at radius 1 is 1.50 bits per heavy atom. The first kappa shape index (κ1) is 14.3. The minimum absolute atomic E-state index is 0.196. The van der Waals surface area contributed by atoms with Gasteiger partial charge in [0, 0.05) is 6.42 Å². The Labute approximate surface area is 106 Å². The molecule has 0 aromatic heterocycles. The van der Waals surface area contributed by atoms with Crippen LogP contribution < -0.4 is 0 Å². The third-order valence-electron chi connectivity index (χ3n) is 2.52. The first-order valence-electron chi connectivity index (χ1n) is 5.50. The predicted molar refractivity (Wildman–Crippen MR) is 62.8 cm³/mol. The number of aliphatic carboxylic acids is 1. The molecule has 0 saturated carbocycles. The van der Waals surface area contributed by atoms with Crippen LogP contribution in [0.3, 0.4) is 0 Å². The second-order valence-corrected chi connectivity index (χ2v) is 5.34. The number of hydrogen-bond acceptors (Lipinski definition) is 4. The lowest BCUT2D eigenvalue weighted by Gasteiger charge is -2.26. The van der Waals surface area contributed by atoms with E-state index in [4.69, 9.17) is 16.3 Å². The molecule has 0 radical (unpaired) electrons. The lowest BCUT2D eigenvalue weighted by molar-refractivity contribution is -0.142. The van der Waals surface area contributed by atoms with E-state index in [-0.39, 0.29) is 13.0 Å². The van der Waals surface area contributed by atoms with Gasteiger partial charge in [-0.1, -0.05) is 5.92 Å². The van der Waals surface area contributed by atoms with E-state index >= 15 is 0 Å². The molecular formula is C12H17NO5. The van der Waals surface area contributed by atoms with Crippen LogP contribution in [0.4, 0.5) is 4.79 Å². The summed E-state index contributed by atoms with van der Waals surface area (Å²) in [5, 5.41) is 18.9. The number of nitrogens with zero attached hydrogens (tertiary/aromatic N) is 1. The van der Waals surface area contributed by atoms with E-state index in [1.54, 1.807) is 20.8 Å². The van der Waals surface area contributed by atoms with Crippen LogP contribution in [-0.4, -0.2) is 51.0 Å². The standard InChI is InChI=1S/C12H17NO5/c1-5-12(17)6-8(9(14)15)13(7-12)10(16)18-11(2,3)4/h1,8,17H,6-7H2,2-4H3,(H,14,15)/t8-,12+/m1/s1. The summed E-state index contributed by atoms with van der Waals surface area (Å²) < 4.78 is 5.08. The van der Waals surface area contributed by atoms with Crippen molar-refractivity contribution in [2.45, 2.75) is 44.4 Å². The molecule has 18 heavy (non-hydrogen) atoms. The smallest absolute Gasteiger partial charge is 0.411 e. The number of amides is 1. The molecule has 1 saturated heterocycles. The van der Waals surface area contributed by atoms with Gasteiger partial charge in [-0.05, 0) is 20.8 Å². The molecule has 0 spiro atoms. The summed E-state index contributed by atoms with van der Waals surface area (Å²) in [5.41, 5.74) is -2.35. The summed E-state index contributed by atoms with van der Waals surface area (Å²) in [6.45, 7) is 4.77. The molecule has 6 heteroatoms. The molecule has 2 N–H and O–H groups in total. The fourth-order valence-corrected chi connectivity index (χ4v) is 1.72. The van der Waals surface area contributed by atoms with Crippen LogP contribution in [0.2, 0.25) is 0 Å². The number of carbonyl (C=O) groups excluding carboxylic acids is 1. The Bertz CT molecular complexity index is 406. The average molecular weight is 255 g/mol. The zero-order chi connectivity index (χ0) is 14.1. The van der Waals surface area contributed by atoms with Gasteiger partial charge in [0.25, 0.3) is 0 Å². The van der Waals surface area contributed by atoms with Crippen LogP contribution in [0.5, 0.6) is 0 Å². The Balaban J connectivity index is 2.90. The number of carboxylic acid groups (broad SMARTS) is 1. The normalized spacial score (nSPS) is 27.7. The number of rotatable bonds is 1. The molecule has 6 nitrogen and oxygen atoms in total. The molecule has 1 amide bonds. The number of carbonyl (C=O) groups is 2. The van der Waals surface area contributed by atoms with Crippen molar-refractivity contribution >= 4 is 12.1 Å². The summed E-state index contributed by atoms with van der Waals surface area (Å²) in [7, 11) is 0. The highest BCUT2D eigenvalue weighted by atomic mass is 16.6. The van der Waals surface area contributed by atoms with Gasteiger partial charge in [0.2, 0.25) is 0 Å². The van der Waals surface area contributed by atoms with Crippen molar-refractivity contribution in [3.8, 4) is 12.3 Å². The molecule has 0 bridgehead atoms. The van der Waals surface area contributed by atoms with Gasteiger partial charge in [0.15, 0.2) is 0 Å². The van der Waals surface area contributed by atoms with Gasteiger partial charge in [0.1, 0.15) is 17.2 Å². The number of terminal acetylenes is 1. The first-order valence-corrected chi connectivity index (χ1v) is 5.50. The van der Waals surface area contributed by atoms with E-state index in [0.717, 1.165) is 4.90 Å². The minimum atomic E-state index is -1.61. The lowest BCUT2D eigenvalue weighted by Crippen LogP contribution is -2.44. The maximum atomic E-state index is 11.8. The largest absolute Gasteiger partial charge is 0.480 e. The number of ether oxygens (including phenoxy) is 1. The molecule has 0 unspecified atom stereocenters. The first-order chi connectivity index (χ1) is 8.08. The van der Waals surface area contributed by atoms with Crippen LogP contribution in [0.15, 0.2) is 0 Å². The van der Waals surface area contributed by atoms with Crippen molar-refractivity contribution in [2.24, 2.45) is 0 Å². The zero-order valence-corrected chi connectivity index (χ0v) is 10.6. The molecule has 1 aliphatic rings. The third kappa shape index (κ3) is 3.14. The molecule has 100 valence electrons. The van der Waals surface area contributed by atoms with E-state index in [1.807, 2.05) is 0 Å². The van der Waals surface area contributed by atoms with E-state index in [2.05, 4.69) is 5.92 Å². The van der Waals surface area contributed by atoms with Crippen LogP contribution >= 0.6 is 0 Å². The summed E-state index contributed by atoms with van der Waals surface area (Å²) >= 11 is 0. The van der Waals surface area contributed by atoms with E-state index in [0.29, 0.717) is 0 Å². The third-order valence-corrected chi connectivity index (χ3v) is 2.52. The molecule has 1 heterocycles. The van der Waals surface area contributed by atoms with Crippen molar-refractivity contribution < 1.29 is 24.5 Å². The van der Waals surface area contributed by atoms with Crippen LogP contribution in [-0.2, 0) is 9.53 Å². The molecular weight excluding hydrogens is 238 g/mol. The second kappa shape index (κ2) is 4.50. The second-order valence-electron chi connectivity index (χ2n) is 5.34. The van der Waals surface area contributed by atoms with Crippen molar-refractivity contribution in [1.82, 2.24) is 4.90 Å². The van der Waals surface area contributed by atoms with Crippen LogP contribution in [0.25, 0.3) is 0 Å². The zero-order valence-electron chi connectivity index (χ0n) is 10.6. The Hall–Kier alpha value is -1.74. The van der Waals surface area contributed by atoms with Crippen molar-refractivity contribution in [1.29, 1.82) is 0 Å². The van der Waals surface area contributed by atoms with E-state index in [9.17, 15) is 14.7 Å². The van der Waals surface area contributed by atoms with Gasteiger partial charge in [-0.3, -0.25) is 4.90 Å². The molecule has 0 aromatic rings. The lowest BCUT2D eigenvalue weighted by atomic mass is 10.0. The van der Waals surface area contributed by atoms with Gasteiger partial charge < -0.3 is 14.9 Å². The van der Waals surface area contributed by atoms with E-state index < -0.39 is 29.3 Å². The summed E-state index contributed by atoms with van der Waals surface area (Å²) in [5.74, 6) is 0.900. The summed E-state index contributed by atoms with van der Waals surface area (Å²) in [6.07, 6.45) is 4.16. The predicted octanol–water partition coefficient (Wildman–Crippen LogP) is 0.445.